The molecule has 0 heterocycles. The van der Waals surface area contributed by atoms with Gasteiger partial charge < -0.3 is 10.4 Å². The van der Waals surface area contributed by atoms with Gasteiger partial charge in [0.05, 0.1) is 5.60 Å². The Hall–Kier alpha value is -0.860. The maximum absolute atomic E-state index is 10.2. The minimum Gasteiger partial charge on any atom is -0.384 e. The first-order valence-electron chi connectivity index (χ1n) is 5.06. The molecule has 1 aromatic rings. The van der Waals surface area contributed by atoms with Gasteiger partial charge in [0.1, 0.15) is 0 Å². The minimum atomic E-state index is -0.776. The number of rotatable bonds is 4. The molecule has 0 aromatic heterocycles. The highest BCUT2D eigenvalue weighted by Gasteiger charge is 2.21. The average molecular weight is 193 g/mol. The summed E-state index contributed by atoms with van der Waals surface area (Å²) >= 11 is 0. The lowest BCUT2D eigenvalue weighted by Crippen LogP contribution is -2.35. The van der Waals surface area contributed by atoms with E-state index in [1.165, 1.54) is 5.56 Å². The molecule has 0 saturated carbocycles. The Kier molecular flexibility index (Phi) is 3.67. The molecule has 0 bridgehead atoms. The molecule has 0 spiro atoms. The second kappa shape index (κ2) is 4.58. The second-order valence-corrected chi connectivity index (χ2v) is 3.92. The van der Waals surface area contributed by atoms with Crippen molar-refractivity contribution in [2.24, 2.45) is 0 Å². The highest BCUT2D eigenvalue weighted by Crippen LogP contribution is 2.20. The fourth-order valence-corrected chi connectivity index (χ4v) is 1.45. The Bertz CT molecular complexity index is 294. The lowest BCUT2D eigenvalue weighted by Gasteiger charge is -2.24. The maximum atomic E-state index is 10.2. The van der Waals surface area contributed by atoms with Crippen LogP contribution in [0.1, 0.15) is 25.0 Å². The van der Waals surface area contributed by atoms with Crippen LogP contribution in [-0.2, 0) is 5.60 Å². The van der Waals surface area contributed by atoms with Crippen molar-refractivity contribution in [3.05, 3.63) is 35.4 Å². The number of hydrogen-bond donors (Lipinski definition) is 2. The molecule has 0 aliphatic rings. The summed E-state index contributed by atoms with van der Waals surface area (Å²) in [5, 5.41) is 13.3. The molecular weight excluding hydrogens is 174 g/mol. The van der Waals surface area contributed by atoms with Crippen LogP contribution in [0.15, 0.2) is 24.3 Å². The summed E-state index contributed by atoms with van der Waals surface area (Å²) < 4.78 is 0. The Balaban J connectivity index is 2.80. The molecule has 0 radical (unpaired) electrons. The molecule has 0 amide bonds. The van der Waals surface area contributed by atoms with Gasteiger partial charge in [0.15, 0.2) is 0 Å². The Labute approximate surface area is 86.0 Å². The molecule has 0 fully saturated rings. The molecular formula is C12H19NO. The van der Waals surface area contributed by atoms with E-state index in [-0.39, 0.29) is 0 Å². The summed E-state index contributed by atoms with van der Waals surface area (Å²) in [7, 11) is 0. The molecule has 14 heavy (non-hydrogen) atoms. The monoisotopic (exact) mass is 193 g/mol. The van der Waals surface area contributed by atoms with Crippen LogP contribution in [0.3, 0.4) is 0 Å². The van der Waals surface area contributed by atoms with E-state index in [0.717, 1.165) is 12.1 Å². The summed E-state index contributed by atoms with van der Waals surface area (Å²) in [5.74, 6) is 0. The molecule has 1 aromatic carbocycles. The number of likely N-dealkylation sites (N-methyl/N-ethyl adjacent to an activating group) is 1. The summed E-state index contributed by atoms with van der Waals surface area (Å²) in [6, 6.07) is 8.00. The predicted molar refractivity (Wildman–Crippen MR) is 59.3 cm³/mol. The zero-order chi connectivity index (χ0) is 10.6. The zero-order valence-corrected chi connectivity index (χ0v) is 9.17. The number of aliphatic hydroxyl groups is 1. The van der Waals surface area contributed by atoms with Crippen LogP contribution >= 0.6 is 0 Å². The van der Waals surface area contributed by atoms with Gasteiger partial charge >= 0.3 is 0 Å². The van der Waals surface area contributed by atoms with Crippen molar-refractivity contribution in [2.75, 3.05) is 13.1 Å². The molecule has 2 heteroatoms. The van der Waals surface area contributed by atoms with Gasteiger partial charge in [-0.1, -0.05) is 36.8 Å². The fraction of sp³-hybridized carbons (Fsp3) is 0.500. The van der Waals surface area contributed by atoms with Crippen LogP contribution in [0, 0.1) is 6.92 Å². The third-order valence-corrected chi connectivity index (χ3v) is 2.36. The first-order chi connectivity index (χ1) is 6.56. The van der Waals surface area contributed by atoms with Crippen molar-refractivity contribution in [1.82, 2.24) is 5.32 Å². The quantitative estimate of drug-likeness (QED) is 0.764. The summed E-state index contributed by atoms with van der Waals surface area (Å²) in [6.07, 6.45) is 0. The van der Waals surface area contributed by atoms with Crippen molar-refractivity contribution in [1.29, 1.82) is 0 Å². The van der Waals surface area contributed by atoms with Crippen LogP contribution in [0.2, 0.25) is 0 Å². The van der Waals surface area contributed by atoms with E-state index in [9.17, 15) is 5.11 Å². The molecule has 0 aliphatic carbocycles. The maximum Gasteiger partial charge on any atom is 0.0992 e. The Morgan fingerprint density at radius 1 is 1.43 bits per heavy atom. The van der Waals surface area contributed by atoms with Crippen molar-refractivity contribution < 1.29 is 5.11 Å². The lowest BCUT2D eigenvalue weighted by molar-refractivity contribution is 0.0575. The molecule has 0 saturated heterocycles. The summed E-state index contributed by atoms with van der Waals surface area (Å²) in [5.41, 5.74) is 1.37. The lowest BCUT2D eigenvalue weighted by atomic mass is 9.94. The van der Waals surface area contributed by atoms with Gasteiger partial charge in [0.2, 0.25) is 0 Å². The van der Waals surface area contributed by atoms with Gasteiger partial charge in [-0.2, -0.15) is 0 Å². The second-order valence-electron chi connectivity index (χ2n) is 3.92. The van der Waals surface area contributed by atoms with Crippen LogP contribution < -0.4 is 5.32 Å². The molecule has 2 nitrogen and oxygen atoms in total. The van der Waals surface area contributed by atoms with Crippen molar-refractivity contribution >= 4 is 0 Å². The average Bonchev–Trinajstić information content (AvgIpc) is 2.15. The van der Waals surface area contributed by atoms with E-state index in [4.69, 9.17) is 0 Å². The number of hydrogen-bond acceptors (Lipinski definition) is 2. The fourth-order valence-electron chi connectivity index (χ4n) is 1.45. The minimum absolute atomic E-state index is 0.590. The van der Waals surface area contributed by atoms with E-state index in [0.29, 0.717) is 6.54 Å². The molecule has 0 aliphatic heterocycles. The molecule has 78 valence electrons. The summed E-state index contributed by atoms with van der Waals surface area (Å²) in [6.45, 7) is 7.37. The van der Waals surface area contributed by atoms with E-state index in [1.807, 2.05) is 45.0 Å². The Morgan fingerprint density at radius 2 is 2.14 bits per heavy atom. The third kappa shape index (κ3) is 2.82. The standard InChI is InChI=1S/C12H19NO/c1-4-13-9-12(3,14)11-7-5-6-10(2)8-11/h5-8,13-14H,4,9H2,1-3H3. The van der Waals surface area contributed by atoms with Crippen LogP contribution in [-0.4, -0.2) is 18.2 Å². The topological polar surface area (TPSA) is 32.3 Å². The summed E-state index contributed by atoms with van der Waals surface area (Å²) in [4.78, 5) is 0. The third-order valence-electron chi connectivity index (χ3n) is 2.36. The van der Waals surface area contributed by atoms with Crippen LogP contribution in [0.4, 0.5) is 0 Å². The van der Waals surface area contributed by atoms with E-state index >= 15 is 0 Å². The SMILES string of the molecule is CCNCC(C)(O)c1cccc(C)c1. The predicted octanol–water partition coefficient (Wildman–Crippen LogP) is 1.81. The van der Waals surface area contributed by atoms with Gasteiger partial charge in [-0.15, -0.1) is 0 Å². The smallest absolute Gasteiger partial charge is 0.0992 e. The largest absolute Gasteiger partial charge is 0.384 e. The van der Waals surface area contributed by atoms with Gasteiger partial charge in [0, 0.05) is 6.54 Å². The number of aryl methyl sites for hydroxylation is 1. The number of nitrogens with one attached hydrogen (secondary N) is 1. The van der Waals surface area contributed by atoms with Gasteiger partial charge in [-0.3, -0.25) is 0 Å². The Morgan fingerprint density at radius 3 is 2.71 bits per heavy atom. The van der Waals surface area contributed by atoms with Crippen molar-refractivity contribution in [2.45, 2.75) is 26.4 Å². The molecule has 1 rings (SSSR count). The first-order valence-corrected chi connectivity index (χ1v) is 5.06. The molecule has 2 N–H and O–H groups in total. The first kappa shape index (κ1) is 11.2. The van der Waals surface area contributed by atoms with Crippen LogP contribution in [0.5, 0.6) is 0 Å². The van der Waals surface area contributed by atoms with Gasteiger partial charge in [-0.05, 0) is 26.0 Å². The van der Waals surface area contributed by atoms with E-state index in [1.54, 1.807) is 0 Å². The van der Waals surface area contributed by atoms with E-state index in [2.05, 4.69) is 5.32 Å². The molecule has 1 atom stereocenters. The van der Waals surface area contributed by atoms with Gasteiger partial charge in [0.25, 0.3) is 0 Å². The highest BCUT2D eigenvalue weighted by molar-refractivity contribution is 5.27. The number of benzene rings is 1. The van der Waals surface area contributed by atoms with Gasteiger partial charge in [-0.25, -0.2) is 0 Å². The molecule has 1 unspecified atom stereocenters. The van der Waals surface area contributed by atoms with Crippen molar-refractivity contribution in [3.63, 3.8) is 0 Å². The van der Waals surface area contributed by atoms with Crippen LogP contribution in [0.25, 0.3) is 0 Å². The normalized spacial score (nSPS) is 15.1. The zero-order valence-electron chi connectivity index (χ0n) is 9.17. The highest BCUT2D eigenvalue weighted by atomic mass is 16.3. The van der Waals surface area contributed by atoms with Crippen molar-refractivity contribution in [3.8, 4) is 0 Å². The van der Waals surface area contributed by atoms with E-state index < -0.39 is 5.60 Å².